The molecular formula is C30H32FN3O7. The Balaban J connectivity index is 1.63. The molecule has 0 unspecified atom stereocenters. The molecule has 2 aromatic rings. The van der Waals surface area contributed by atoms with Crippen LogP contribution in [0.15, 0.2) is 53.3 Å². The van der Waals surface area contributed by atoms with Crippen LogP contribution < -0.4 is 11.1 Å². The number of aromatic hydroxyl groups is 1. The van der Waals surface area contributed by atoms with E-state index in [0.29, 0.717) is 17.7 Å². The number of carbonyl (C=O) groups is 3. The van der Waals surface area contributed by atoms with Crippen molar-refractivity contribution in [2.24, 2.45) is 17.6 Å². The molecule has 5 rings (SSSR count). The zero-order valence-corrected chi connectivity index (χ0v) is 22.6. The van der Waals surface area contributed by atoms with Crippen molar-refractivity contribution in [3.8, 4) is 16.9 Å². The highest BCUT2D eigenvalue weighted by atomic mass is 19.1. The Labute approximate surface area is 235 Å². The molecule has 4 atom stereocenters. The number of carbonyl (C=O) groups excluding carboxylic acids is 3. The highest BCUT2D eigenvalue weighted by molar-refractivity contribution is 6.24. The average Bonchev–Trinajstić information content (AvgIpc) is 2.90. The summed E-state index contributed by atoms with van der Waals surface area (Å²) >= 11 is 0. The first-order chi connectivity index (χ1) is 19.4. The van der Waals surface area contributed by atoms with E-state index in [1.54, 1.807) is 20.2 Å². The Bertz CT molecular complexity index is 1530. The van der Waals surface area contributed by atoms with Crippen LogP contribution in [0.4, 0.5) is 4.39 Å². The lowest BCUT2D eigenvalue weighted by Gasteiger charge is -2.50. The summed E-state index contributed by atoms with van der Waals surface area (Å²) in [7, 11) is 3.11. The summed E-state index contributed by atoms with van der Waals surface area (Å²) < 4.78 is 12.6. The van der Waals surface area contributed by atoms with Crippen LogP contribution in [-0.2, 0) is 27.3 Å². The second-order valence-corrected chi connectivity index (χ2v) is 11.0. The highest BCUT2D eigenvalue weighted by Gasteiger charge is 2.64. The molecule has 1 fully saturated rings. The lowest BCUT2D eigenvalue weighted by atomic mass is 9.57. The molecule has 7 N–H and O–H groups in total. The number of halogens is 1. The monoisotopic (exact) mass is 565 g/mol. The van der Waals surface area contributed by atoms with Crippen LogP contribution in [-0.4, -0.2) is 81.8 Å². The van der Waals surface area contributed by atoms with Crippen LogP contribution in [0.5, 0.6) is 5.75 Å². The maximum atomic E-state index is 13.9. The first-order valence-electron chi connectivity index (χ1n) is 13.3. The number of nitrogens with one attached hydrogen (secondary N) is 1. The number of benzene rings is 2. The molecule has 0 saturated heterocycles. The van der Waals surface area contributed by atoms with Crippen molar-refractivity contribution in [1.82, 2.24) is 10.2 Å². The second kappa shape index (κ2) is 10.4. The third-order valence-corrected chi connectivity index (χ3v) is 8.44. The Hall–Kier alpha value is -4.06. The number of nitrogens with zero attached hydrogens (tertiary/aromatic N) is 1. The number of phenolic OH excluding ortho intramolecular Hbond substituents is 1. The number of aliphatic hydroxyl groups excluding tert-OH is 2. The number of likely N-dealkylation sites (N-methyl/N-ethyl adjacent to an activating group) is 1. The molecule has 0 aromatic heterocycles. The molecule has 3 aliphatic carbocycles. The highest BCUT2D eigenvalue weighted by Crippen LogP contribution is 2.53. The van der Waals surface area contributed by atoms with Gasteiger partial charge in [-0.3, -0.25) is 19.3 Å². The number of ketones is 2. The standard InChI is InChI=1S/C30H32FN3O7/c1-34(2)24-19-11-17-10-16-9-15(18-6-4-3-5-14(18)13-33-8-7-31)12-20(35)21(16)25(36)22(17)27(38)30(19,41)28(39)23(26(24)37)29(32)40/h3-6,9,12,17,19,24,33,35-36,39,41H,7-8,10-11,13H2,1-2H3,(H2,32,40)/t17-,19-,24-,30-/m0/s1. The molecule has 0 bridgehead atoms. The molecule has 0 radical (unpaired) electrons. The molecule has 1 amide bonds. The van der Waals surface area contributed by atoms with Gasteiger partial charge in [-0.15, -0.1) is 0 Å². The van der Waals surface area contributed by atoms with Crippen LogP contribution in [0.2, 0.25) is 0 Å². The topological polar surface area (TPSA) is 173 Å². The van der Waals surface area contributed by atoms with E-state index in [0.717, 1.165) is 11.1 Å². The minimum absolute atomic E-state index is 0.0144. The fraction of sp³-hybridized carbons (Fsp3) is 0.367. The van der Waals surface area contributed by atoms with Crippen molar-refractivity contribution < 1.29 is 39.2 Å². The van der Waals surface area contributed by atoms with Crippen molar-refractivity contribution in [1.29, 1.82) is 0 Å². The van der Waals surface area contributed by atoms with Gasteiger partial charge in [0.25, 0.3) is 5.91 Å². The van der Waals surface area contributed by atoms with Crippen molar-refractivity contribution >= 4 is 23.2 Å². The van der Waals surface area contributed by atoms with E-state index in [9.17, 15) is 39.2 Å². The lowest BCUT2D eigenvalue weighted by Crippen LogP contribution is -2.65. The minimum Gasteiger partial charge on any atom is -0.508 e. The number of amides is 1. The van der Waals surface area contributed by atoms with E-state index in [2.05, 4.69) is 5.32 Å². The third kappa shape index (κ3) is 4.32. The van der Waals surface area contributed by atoms with Gasteiger partial charge in [0.15, 0.2) is 11.4 Å². The first-order valence-corrected chi connectivity index (χ1v) is 13.3. The maximum absolute atomic E-state index is 13.9. The normalized spacial score (nSPS) is 25.7. The Morgan fingerprint density at radius 3 is 2.54 bits per heavy atom. The van der Waals surface area contributed by atoms with Crippen LogP contribution in [0.3, 0.4) is 0 Å². The molecule has 0 heterocycles. The molecule has 3 aliphatic rings. The second-order valence-electron chi connectivity index (χ2n) is 11.0. The van der Waals surface area contributed by atoms with Crippen molar-refractivity contribution in [2.45, 2.75) is 31.0 Å². The Kier molecular flexibility index (Phi) is 7.22. The molecule has 216 valence electrons. The van der Waals surface area contributed by atoms with Gasteiger partial charge in [-0.1, -0.05) is 30.3 Å². The van der Waals surface area contributed by atoms with Gasteiger partial charge in [0.2, 0.25) is 5.78 Å². The van der Waals surface area contributed by atoms with Crippen molar-refractivity contribution in [2.75, 3.05) is 27.3 Å². The number of fused-ring (bicyclic) bond motifs is 3. The number of hydrogen-bond acceptors (Lipinski definition) is 9. The van der Waals surface area contributed by atoms with Crippen LogP contribution in [0, 0.1) is 11.8 Å². The summed E-state index contributed by atoms with van der Waals surface area (Å²) in [5.41, 5.74) is 4.53. The fourth-order valence-electron chi connectivity index (χ4n) is 6.67. The van der Waals surface area contributed by atoms with Gasteiger partial charge in [-0.25, -0.2) is 4.39 Å². The molecule has 1 saturated carbocycles. The number of Topliss-reactive ketones (excluding diaryl/α,β-unsaturated/α-hetero) is 2. The van der Waals surface area contributed by atoms with E-state index < -0.39 is 64.7 Å². The Morgan fingerprint density at radius 2 is 1.88 bits per heavy atom. The van der Waals surface area contributed by atoms with Gasteiger partial charge in [-0.05, 0) is 61.2 Å². The molecule has 0 aliphatic heterocycles. The number of rotatable bonds is 7. The molecule has 0 spiro atoms. The number of aliphatic hydroxyl groups is 3. The molecule has 11 heteroatoms. The smallest absolute Gasteiger partial charge is 0.255 e. The molecule has 2 aromatic carbocycles. The maximum Gasteiger partial charge on any atom is 0.255 e. The first kappa shape index (κ1) is 28.5. The van der Waals surface area contributed by atoms with E-state index >= 15 is 0 Å². The van der Waals surface area contributed by atoms with Gasteiger partial charge in [0.05, 0.1) is 11.6 Å². The van der Waals surface area contributed by atoms with Gasteiger partial charge in [-0.2, -0.15) is 0 Å². The van der Waals surface area contributed by atoms with Gasteiger partial charge >= 0.3 is 0 Å². The number of primary amides is 1. The molecule has 41 heavy (non-hydrogen) atoms. The largest absolute Gasteiger partial charge is 0.508 e. The van der Waals surface area contributed by atoms with E-state index in [1.807, 2.05) is 24.3 Å². The predicted octanol–water partition coefficient (Wildman–Crippen LogP) is 1.69. The van der Waals surface area contributed by atoms with Gasteiger partial charge < -0.3 is 31.5 Å². The number of phenols is 1. The summed E-state index contributed by atoms with van der Waals surface area (Å²) in [6, 6.07) is 9.55. The van der Waals surface area contributed by atoms with Crippen LogP contribution in [0.1, 0.15) is 23.1 Å². The lowest BCUT2D eigenvalue weighted by molar-refractivity contribution is -0.153. The summed E-state index contributed by atoms with van der Waals surface area (Å²) in [6.07, 6.45) is 0.207. The summed E-state index contributed by atoms with van der Waals surface area (Å²) in [4.78, 5) is 40.7. The molecule has 10 nitrogen and oxygen atoms in total. The summed E-state index contributed by atoms with van der Waals surface area (Å²) in [6.45, 7) is 0.0785. The van der Waals surface area contributed by atoms with Crippen molar-refractivity contribution in [3.63, 3.8) is 0 Å². The number of nitrogens with two attached hydrogens (primary N) is 1. The Morgan fingerprint density at radius 1 is 1.17 bits per heavy atom. The molecular weight excluding hydrogens is 533 g/mol. The van der Waals surface area contributed by atoms with E-state index in [4.69, 9.17) is 5.73 Å². The van der Waals surface area contributed by atoms with Crippen LogP contribution in [0.25, 0.3) is 16.9 Å². The predicted molar refractivity (Wildman–Crippen MR) is 147 cm³/mol. The van der Waals surface area contributed by atoms with E-state index in [1.165, 1.54) is 11.0 Å². The van der Waals surface area contributed by atoms with E-state index in [-0.39, 0.29) is 36.3 Å². The number of alkyl halides is 1. The zero-order chi connectivity index (χ0) is 29.8. The quantitative estimate of drug-likeness (QED) is 0.216. The van der Waals surface area contributed by atoms with Gasteiger partial charge in [0, 0.05) is 24.6 Å². The average molecular weight is 566 g/mol. The van der Waals surface area contributed by atoms with Crippen molar-refractivity contribution in [3.05, 3.63) is 70.0 Å². The summed E-state index contributed by atoms with van der Waals surface area (Å²) in [5, 5.41) is 48.0. The summed E-state index contributed by atoms with van der Waals surface area (Å²) in [5.74, 6) is -6.88. The minimum atomic E-state index is -2.67. The zero-order valence-electron chi connectivity index (χ0n) is 22.6. The fourth-order valence-corrected chi connectivity index (χ4v) is 6.67. The number of hydrogen-bond donors (Lipinski definition) is 6. The third-order valence-electron chi connectivity index (χ3n) is 8.44. The SMILES string of the molecule is CN(C)[C@@H]1C(=O)C(C(N)=O)=C(O)[C@@]2(O)C(=O)C3=C(O)c4c(O)cc(-c5ccccc5CNCCF)cc4C[C@H]3C[C@@H]12. The van der Waals surface area contributed by atoms with Crippen LogP contribution >= 0.6 is 0 Å². The van der Waals surface area contributed by atoms with Gasteiger partial charge in [0.1, 0.15) is 29.5 Å².